The highest BCUT2D eigenvalue weighted by Gasteiger charge is 2.09. The minimum absolute atomic E-state index is 0.301. The maximum absolute atomic E-state index is 12.9. The van der Waals surface area contributed by atoms with Crippen molar-refractivity contribution in [2.45, 2.75) is 13.5 Å². The summed E-state index contributed by atoms with van der Waals surface area (Å²) in [5.41, 5.74) is 1.10. The van der Waals surface area contributed by atoms with Crippen LogP contribution in [-0.2, 0) is 16.1 Å². The third-order valence-corrected chi connectivity index (χ3v) is 2.91. The minimum atomic E-state index is -0.704. The molecule has 0 spiro atoms. The Morgan fingerprint density at radius 1 is 1.45 bits per heavy atom. The number of nitrogens with one attached hydrogen (secondary N) is 1. The highest BCUT2D eigenvalue weighted by Crippen LogP contribution is 2.18. The van der Waals surface area contributed by atoms with Crippen molar-refractivity contribution < 1.29 is 14.0 Å². The number of carbonyl (C=O) groups excluding carboxylic acids is 2. The molecule has 2 rings (SSSR count). The first-order valence-corrected chi connectivity index (χ1v) is 6.12. The van der Waals surface area contributed by atoms with Gasteiger partial charge in [0.1, 0.15) is 5.82 Å². The second kappa shape index (κ2) is 5.83. The van der Waals surface area contributed by atoms with Gasteiger partial charge in [0, 0.05) is 18.1 Å². The van der Waals surface area contributed by atoms with Gasteiger partial charge in [0.2, 0.25) is 5.78 Å². The highest BCUT2D eigenvalue weighted by atomic mass is 35.5. The van der Waals surface area contributed by atoms with Crippen molar-refractivity contribution in [1.82, 2.24) is 9.78 Å². The van der Waals surface area contributed by atoms with E-state index >= 15 is 0 Å². The molecule has 0 saturated heterocycles. The van der Waals surface area contributed by atoms with E-state index in [2.05, 4.69) is 10.4 Å². The molecular formula is C13H11ClFN3O2. The second-order valence-electron chi connectivity index (χ2n) is 4.17. The summed E-state index contributed by atoms with van der Waals surface area (Å²) < 4.78 is 14.4. The number of ketones is 1. The quantitative estimate of drug-likeness (QED) is 0.880. The zero-order valence-corrected chi connectivity index (χ0v) is 11.3. The lowest BCUT2D eigenvalue weighted by Crippen LogP contribution is -2.19. The summed E-state index contributed by atoms with van der Waals surface area (Å²) >= 11 is 5.92. The van der Waals surface area contributed by atoms with Gasteiger partial charge in [-0.05, 0) is 17.7 Å². The van der Waals surface area contributed by atoms with Crippen molar-refractivity contribution in [3.05, 3.63) is 47.0 Å². The predicted octanol–water partition coefficient (Wildman–Crippen LogP) is 2.25. The van der Waals surface area contributed by atoms with E-state index in [1.807, 2.05) is 0 Å². The van der Waals surface area contributed by atoms with Crippen molar-refractivity contribution >= 4 is 29.0 Å². The van der Waals surface area contributed by atoms with E-state index in [1.54, 1.807) is 12.3 Å². The van der Waals surface area contributed by atoms with Gasteiger partial charge in [-0.3, -0.25) is 14.3 Å². The lowest BCUT2D eigenvalue weighted by atomic mass is 10.2. The van der Waals surface area contributed by atoms with Crippen molar-refractivity contribution in [3.8, 4) is 0 Å². The summed E-state index contributed by atoms with van der Waals surface area (Å²) in [4.78, 5) is 22.0. The number of hydrogen-bond acceptors (Lipinski definition) is 3. The van der Waals surface area contributed by atoms with Crippen LogP contribution >= 0.6 is 11.6 Å². The molecule has 0 aliphatic rings. The Labute approximate surface area is 119 Å². The van der Waals surface area contributed by atoms with Crippen LogP contribution in [0.2, 0.25) is 5.02 Å². The number of Topliss-reactive ketones (excluding diaryl/α,β-unsaturated/α-hetero) is 1. The fourth-order valence-electron chi connectivity index (χ4n) is 1.56. The van der Waals surface area contributed by atoms with E-state index in [9.17, 15) is 14.0 Å². The number of rotatable bonds is 4. The van der Waals surface area contributed by atoms with E-state index in [0.29, 0.717) is 22.8 Å². The molecule has 1 aromatic carbocycles. The maximum atomic E-state index is 12.9. The highest BCUT2D eigenvalue weighted by molar-refractivity contribution is 6.39. The Morgan fingerprint density at radius 2 is 2.20 bits per heavy atom. The molecule has 1 amide bonds. The van der Waals surface area contributed by atoms with Crippen LogP contribution in [0.15, 0.2) is 30.6 Å². The van der Waals surface area contributed by atoms with Crippen LogP contribution in [0.5, 0.6) is 0 Å². The molecule has 0 aliphatic heterocycles. The minimum Gasteiger partial charge on any atom is -0.317 e. The topological polar surface area (TPSA) is 64.0 Å². The number of amides is 1. The molecule has 2 aromatic rings. The van der Waals surface area contributed by atoms with Crippen molar-refractivity contribution in [1.29, 1.82) is 0 Å². The first-order chi connectivity index (χ1) is 9.45. The summed E-state index contributed by atoms with van der Waals surface area (Å²) in [7, 11) is 0. The van der Waals surface area contributed by atoms with Crippen LogP contribution in [0, 0.1) is 5.82 Å². The molecular weight excluding hydrogens is 285 g/mol. The Morgan fingerprint density at radius 3 is 2.85 bits per heavy atom. The number of halogens is 2. The Kier molecular flexibility index (Phi) is 4.14. The van der Waals surface area contributed by atoms with E-state index in [0.717, 1.165) is 0 Å². The summed E-state index contributed by atoms with van der Waals surface area (Å²) in [6.45, 7) is 1.51. The normalized spacial score (nSPS) is 10.3. The monoisotopic (exact) mass is 295 g/mol. The Hall–Kier alpha value is -2.21. The summed E-state index contributed by atoms with van der Waals surface area (Å²) in [6.07, 6.45) is 2.97. The van der Waals surface area contributed by atoms with Crippen LogP contribution in [0.4, 0.5) is 10.1 Å². The average Bonchev–Trinajstić information content (AvgIpc) is 2.80. The molecule has 0 unspecified atom stereocenters. The van der Waals surface area contributed by atoms with Gasteiger partial charge in [-0.1, -0.05) is 17.7 Å². The van der Waals surface area contributed by atoms with Crippen LogP contribution in [0.3, 0.4) is 0 Å². The molecule has 1 heterocycles. The second-order valence-corrected chi connectivity index (χ2v) is 4.58. The summed E-state index contributed by atoms with van der Waals surface area (Å²) in [6, 6.07) is 4.09. The van der Waals surface area contributed by atoms with Crippen molar-refractivity contribution in [2.75, 3.05) is 5.32 Å². The van der Waals surface area contributed by atoms with Gasteiger partial charge in [-0.25, -0.2) is 4.39 Å². The van der Waals surface area contributed by atoms with Crippen molar-refractivity contribution in [2.24, 2.45) is 0 Å². The molecule has 5 nitrogen and oxygen atoms in total. The smallest absolute Gasteiger partial charge is 0.291 e. The fourth-order valence-corrected chi connectivity index (χ4v) is 1.79. The predicted molar refractivity (Wildman–Crippen MR) is 72.0 cm³/mol. The lowest BCUT2D eigenvalue weighted by molar-refractivity contribution is -0.133. The number of anilines is 1. The van der Waals surface area contributed by atoms with Crippen LogP contribution in [0.25, 0.3) is 0 Å². The standard InChI is InChI=1S/C13H11ClFN3O2/c1-8(19)13(20)17-11-5-16-18(7-11)6-9-2-3-10(15)4-12(9)14/h2-5,7H,6H2,1H3,(H,17,20). The van der Waals surface area contributed by atoms with Crippen molar-refractivity contribution in [3.63, 3.8) is 0 Å². The van der Waals surface area contributed by atoms with Gasteiger partial charge in [0.15, 0.2) is 0 Å². The molecule has 0 aliphatic carbocycles. The fraction of sp³-hybridized carbons (Fsp3) is 0.154. The van der Waals surface area contributed by atoms with Gasteiger partial charge in [-0.15, -0.1) is 0 Å². The first kappa shape index (κ1) is 14.2. The molecule has 104 valence electrons. The van der Waals surface area contributed by atoms with Gasteiger partial charge >= 0.3 is 0 Å². The molecule has 1 N–H and O–H groups in total. The summed E-state index contributed by atoms with van der Waals surface area (Å²) in [5.74, 6) is -1.70. The van der Waals surface area contributed by atoms with Gasteiger partial charge in [-0.2, -0.15) is 5.10 Å². The number of benzene rings is 1. The van der Waals surface area contributed by atoms with E-state index in [-0.39, 0.29) is 0 Å². The lowest BCUT2D eigenvalue weighted by Gasteiger charge is -2.04. The summed E-state index contributed by atoms with van der Waals surface area (Å²) in [5, 5.41) is 6.73. The third kappa shape index (κ3) is 3.42. The van der Waals surface area contributed by atoms with Gasteiger partial charge in [0.25, 0.3) is 5.91 Å². The number of carbonyl (C=O) groups is 2. The maximum Gasteiger partial charge on any atom is 0.291 e. The first-order valence-electron chi connectivity index (χ1n) is 5.74. The van der Waals surface area contributed by atoms with Crippen LogP contribution in [-0.4, -0.2) is 21.5 Å². The average molecular weight is 296 g/mol. The molecule has 0 radical (unpaired) electrons. The number of aromatic nitrogens is 2. The molecule has 0 fully saturated rings. The largest absolute Gasteiger partial charge is 0.317 e. The Bertz CT molecular complexity index is 669. The number of nitrogens with zero attached hydrogens (tertiary/aromatic N) is 2. The number of hydrogen-bond donors (Lipinski definition) is 1. The Balaban J connectivity index is 2.09. The molecule has 1 aromatic heterocycles. The van der Waals surface area contributed by atoms with E-state index in [1.165, 1.54) is 29.9 Å². The van der Waals surface area contributed by atoms with Crippen LogP contribution < -0.4 is 5.32 Å². The molecule has 0 bridgehead atoms. The van der Waals surface area contributed by atoms with E-state index < -0.39 is 17.5 Å². The zero-order chi connectivity index (χ0) is 14.7. The zero-order valence-electron chi connectivity index (χ0n) is 10.6. The van der Waals surface area contributed by atoms with Gasteiger partial charge in [0.05, 0.1) is 18.4 Å². The molecule has 7 heteroatoms. The SMILES string of the molecule is CC(=O)C(=O)Nc1cnn(Cc2ccc(F)cc2Cl)c1. The molecule has 0 atom stereocenters. The molecule has 20 heavy (non-hydrogen) atoms. The van der Waals surface area contributed by atoms with Gasteiger partial charge < -0.3 is 5.32 Å². The third-order valence-electron chi connectivity index (χ3n) is 2.56. The van der Waals surface area contributed by atoms with Crippen LogP contribution in [0.1, 0.15) is 12.5 Å². The van der Waals surface area contributed by atoms with E-state index in [4.69, 9.17) is 11.6 Å². The molecule has 0 saturated carbocycles.